The minimum Gasteiger partial charge on any atom is -0.496 e. The second-order valence-corrected chi connectivity index (χ2v) is 4.78. The van der Waals surface area contributed by atoms with Crippen LogP contribution in [0.4, 0.5) is 0 Å². The predicted octanol–water partition coefficient (Wildman–Crippen LogP) is 2.58. The number of halogens is 1. The average Bonchev–Trinajstić information content (AvgIpc) is 2.36. The van der Waals surface area contributed by atoms with E-state index in [-0.39, 0.29) is 5.91 Å². The molecular weight excluding hydrogens is 238 g/mol. The van der Waals surface area contributed by atoms with Crippen molar-refractivity contribution in [1.82, 2.24) is 5.32 Å². The molecule has 1 amide bonds. The topological polar surface area (TPSA) is 38.3 Å². The Morgan fingerprint density at radius 3 is 2.65 bits per heavy atom. The molecule has 17 heavy (non-hydrogen) atoms. The minimum absolute atomic E-state index is 0.0570. The summed E-state index contributed by atoms with van der Waals surface area (Å²) in [5.74, 6) is 1.01. The minimum atomic E-state index is -0.552. The highest BCUT2D eigenvalue weighted by Gasteiger charge is 2.26. The number of carbonyl (C=O) groups is 1. The van der Waals surface area contributed by atoms with Crippen molar-refractivity contribution in [2.24, 2.45) is 5.41 Å². The number of alkyl halides is 1. The van der Waals surface area contributed by atoms with Crippen LogP contribution < -0.4 is 10.1 Å². The third-order valence-electron chi connectivity index (χ3n) is 2.58. The Bertz CT molecular complexity index is 391. The van der Waals surface area contributed by atoms with Gasteiger partial charge in [0.15, 0.2) is 0 Å². The number of para-hydroxylation sites is 1. The van der Waals surface area contributed by atoms with Gasteiger partial charge in [0, 0.05) is 18.0 Å². The first-order chi connectivity index (χ1) is 8.01. The first-order valence-electron chi connectivity index (χ1n) is 5.47. The summed E-state index contributed by atoms with van der Waals surface area (Å²) >= 11 is 5.74. The van der Waals surface area contributed by atoms with Gasteiger partial charge in [-0.25, -0.2) is 0 Å². The van der Waals surface area contributed by atoms with E-state index in [9.17, 15) is 4.79 Å². The normalized spacial score (nSPS) is 11.1. The predicted molar refractivity (Wildman–Crippen MR) is 69.3 cm³/mol. The van der Waals surface area contributed by atoms with Gasteiger partial charge in [-0.15, -0.1) is 11.6 Å². The Morgan fingerprint density at radius 2 is 2.06 bits per heavy atom. The van der Waals surface area contributed by atoms with Gasteiger partial charge in [-0.05, 0) is 19.9 Å². The van der Waals surface area contributed by atoms with Crippen LogP contribution in [0.15, 0.2) is 24.3 Å². The van der Waals surface area contributed by atoms with Gasteiger partial charge in [0.2, 0.25) is 5.91 Å². The molecule has 1 aromatic carbocycles. The Morgan fingerprint density at radius 1 is 1.41 bits per heavy atom. The number of hydrogen-bond donors (Lipinski definition) is 1. The van der Waals surface area contributed by atoms with Crippen LogP contribution >= 0.6 is 11.6 Å². The van der Waals surface area contributed by atoms with Crippen LogP contribution in [0.3, 0.4) is 0 Å². The van der Waals surface area contributed by atoms with Gasteiger partial charge in [0.1, 0.15) is 5.75 Å². The fourth-order valence-corrected chi connectivity index (χ4v) is 1.45. The van der Waals surface area contributed by atoms with E-state index in [1.165, 1.54) is 0 Å². The monoisotopic (exact) mass is 255 g/mol. The SMILES string of the molecule is COc1ccccc1CNC(=O)C(C)(C)CCl. The largest absolute Gasteiger partial charge is 0.496 e. The highest BCUT2D eigenvalue weighted by atomic mass is 35.5. The summed E-state index contributed by atoms with van der Waals surface area (Å²) in [5.41, 5.74) is 0.401. The fourth-order valence-electron chi connectivity index (χ4n) is 1.32. The van der Waals surface area contributed by atoms with E-state index in [0.29, 0.717) is 12.4 Å². The number of benzene rings is 1. The highest BCUT2D eigenvalue weighted by molar-refractivity contribution is 6.19. The molecule has 1 rings (SSSR count). The molecule has 0 heterocycles. The number of amides is 1. The first kappa shape index (κ1) is 13.8. The molecule has 0 radical (unpaired) electrons. The van der Waals surface area contributed by atoms with Gasteiger partial charge in [0.25, 0.3) is 0 Å². The lowest BCUT2D eigenvalue weighted by Gasteiger charge is -2.20. The summed E-state index contributed by atoms with van der Waals surface area (Å²) in [6.07, 6.45) is 0. The molecule has 1 N–H and O–H groups in total. The van der Waals surface area contributed by atoms with Gasteiger partial charge < -0.3 is 10.1 Å². The van der Waals surface area contributed by atoms with Gasteiger partial charge in [-0.1, -0.05) is 18.2 Å². The van der Waals surface area contributed by atoms with Crippen molar-refractivity contribution < 1.29 is 9.53 Å². The molecule has 0 unspecified atom stereocenters. The molecule has 0 saturated heterocycles. The van der Waals surface area contributed by atoms with Crippen LogP contribution in [0, 0.1) is 5.41 Å². The van der Waals surface area contributed by atoms with Crippen LogP contribution in [-0.2, 0) is 11.3 Å². The van der Waals surface area contributed by atoms with Crippen LogP contribution in [0.1, 0.15) is 19.4 Å². The third kappa shape index (κ3) is 3.63. The molecule has 0 spiro atoms. The van der Waals surface area contributed by atoms with Gasteiger partial charge in [-0.2, -0.15) is 0 Å². The van der Waals surface area contributed by atoms with Crippen molar-refractivity contribution in [3.05, 3.63) is 29.8 Å². The standard InChI is InChI=1S/C13H18ClNO2/c1-13(2,9-14)12(16)15-8-10-6-4-5-7-11(10)17-3/h4-7H,8-9H2,1-3H3,(H,15,16). The van der Waals surface area contributed by atoms with Gasteiger partial charge in [-0.3, -0.25) is 4.79 Å². The van der Waals surface area contributed by atoms with Crippen molar-refractivity contribution in [3.8, 4) is 5.75 Å². The van der Waals surface area contributed by atoms with E-state index >= 15 is 0 Å². The molecule has 94 valence electrons. The van der Waals surface area contributed by atoms with Crippen LogP contribution in [0.5, 0.6) is 5.75 Å². The average molecular weight is 256 g/mol. The zero-order valence-corrected chi connectivity index (χ0v) is 11.2. The number of methoxy groups -OCH3 is 1. The maximum Gasteiger partial charge on any atom is 0.227 e. The fraction of sp³-hybridized carbons (Fsp3) is 0.462. The first-order valence-corrected chi connectivity index (χ1v) is 6.01. The highest BCUT2D eigenvalue weighted by Crippen LogP contribution is 2.19. The molecule has 3 nitrogen and oxygen atoms in total. The number of carbonyl (C=O) groups excluding carboxylic acids is 1. The molecule has 0 aliphatic rings. The van der Waals surface area contributed by atoms with Gasteiger partial charge in [0.05, 0.1) is 12.5 Å². The summed E-state index contributed by atoms with van der Waals surface area (Å²) in [7, 11) is 1.61. The summed E-state index contributed by atoms with van der Waals surface area (Å²) in [6, 6.07) is 7.60. The number of ether oxygens (including phenoxy) is 1. The van der Waals surface area contributed by atoms with Crippen molar-refractivity contribution in [2.75, 3.05) is 13.0 Å². The second-order valence-electron chi connectivity index (χ2n) is 4.51. The van der Waals surface area contributed by atoms with Gasteiger partial charge >= 0.3 is 0 Å². The molecule has 1 aromatic rings. The maximum absolute atomic E-state index is 11.8. The maximum atomic E-state index is 11.8. The summed E-state index contributed by atoms with van der Waals surface area (Å²) in [4.78, 5) is 11.8. The van der Waals surface area contributed by atoms with E-state index in [0.717, 1.165) is 11.3 Å². The second kappa shape index (κ2) is 5.92. The molecule has 0 atom stereocenters. The molecule has 0 aromatic heterocycles. The van der Waals surface area contributed by atoms with Crippen molar-refractivity contribution >= 4 is 17.5 Å². The Labute approximate surface area is 107 Å². The molecular formula is C13H18ClNO2. The van der Waals surface area contributed by atoms with E-state index < -0.39 is 5.41 Å². The Balaban J connectivity index is 2.65. The lowest BCUT2D eigenvalue weighted by atomic mass is 9.95. The van der Waals surface area contributed by atoms with E-state index in [4.69, 9.17) is 16.3 Å². The molecule has 4 heteroatoms. The van der Waals surface area contributed by atoms with Crippen LogP contribution in [0.2, 0.25) is 0 Å². The van der Waals surface area contributed by atoms with Crippen LogP contribution in [-0.4, -0.2) is 18.9 Å². The van der Waals surface area contributed by atoms with Crippen molar-refractivity contribution in [3.63, 3.8) is 0 Å². The van der Waals surface area contributed by atoms with Crippen molar-refractivity contribution in [1.29, 1.82) is 0 Å². The number of hydrogen-bond acceptors (Lipinski definition) is 2. The summed E-state index contributed by atoms with van der Waals surface area (Å²) < 4.78 is 5.21. The summed E-state index contributed by atoms with van der Waals surface area (Å²) in [6.45, 7) is 4.08. The quantitative estimate of drug-likeness (QED) is 0.822. The summed E-state index contributed by atoms with van der Waals surface area (Å²) in [5, 5.41) is 2.86. The molecule has 0 aliphatic heterocycles. The Kier molecular flexibility index (Phi) is 4.82. The zero-order valence-electron chi connectivity index (χ0n) is 10.4. The molecule has 0 fully saturated rings. The number of rotatable bonds is 5. The molecule has 0 saturated carbocycles. The Hall–Kier alpha value is -1.22. The van der Waals surface area contributed by atoms with Crippen LogP contribution in [0.25, 0.3) is 0 Å². The smallest absolute Gasteiger partial charge is 0.227 e. The lowest BCUT2D eigenvalue weighted by Crippen LogP contribution is -2.37. The third-order valence-corrected chi connectivity index (χ3v) is 3.25. The number of nitrogens with one attached hydrogen (secondary N) is 1. The van der Waals surface area contributed by atoms with E-state index in [1.807, 2.05) is 38.1 Å². The zero-order chi connectivity index (χ0) is 12.9. The van der Waals surface area contributed by atoms with E-state index in [1.54, 1.807) is 7.11 Å². The molecule has 0 bridgehead atoms. The molecule has 0 aliphatic carbocycles. The van der Waals surface area contributed by atoms with Crippen molar-refractivity contribution in [2.45, 2.75) is 20.4 Å². The van der Waals surface area contributed by atoms with E-state index in [2.05, 4.69) is 5.32 Å². The lowest BCUT2D eigenvalue weighted by molar-refractivity contribution is -0.128.